The minimum absolute atomic E-state index is 0.208. The lowest BCUT2D eigenvalue weighted by Crippen LogP contribution is -2.26. The molecule has 0 atom stereocenters. The Balaban J connectivity index is 1.65. The third-order valence-electron chi connectivity index (χ3n) is 4.12. The zero-order chi connectivity index (χ0) is 16.8. The van der Waals surface area contributed by atoms with Gasteiger partial charge in [-0.25, -0.2) is 9.97 Å². The molecule has 0 radical (unpaired) electrons. The van der Waals surface area contributed by atoms with Gasteiger partial charge in [0.25, 0.3) is 5.91 Å². The molecule has 0 bridgehead atoms. The van der Waals surface area contributed by atoms with Crippen molar-refractivity contribution in [2.45, 2.75) is 25.7 Å². The predicted molar refractivity (Wildman–Crippen MR) is 93.7 cm³/mol. The summed E-state index contributed by atoms with van der Waals surface area (Å²) in [6.45, 7) is 1.99. The highest BCUT2D eigenvalue weighted by Crippen LogP contribution is 2.17. The van der Waals surface area contributed by atoms with E-state index in [2.05, 4.69) is 20.2 Å². The summed E-state index contributed by atoms with van der Waals surface area (Å²) in [5, 5.41) is 2.81. The van der Waals surface area contributed by atoms with Gasteiger partial charge in [0.05, 0.1) is 25.2 Å². The first-order chi connectivity index (χ1) is 11.8. The summed E-state index contributed by atoms with van der Waals surface area (Å²) in [5.74, 6) is 1.17. The molecule has 126 valence electrons. The Morgan fingerprint density at radius 1 is 1.12 bits per heavy atom. The summed E-state index contributed by atoms with van der Waals surface area (Å²) in [6, 6.07) is 7.02. The van der Waals surface area contributed by atoms with Crippen LogP contribution in [0.15, 0.2) is 36.7 Å². The van der Waals surface area contributed by atoms with Gasteiger partial charge in [-0.05, 0) is 31.0 Å². The molecule has 2 heterocycles. The minimum Gasteiger partial charge on any atom is -0.497 e. The van der Waals surface area contributed by atoms with E-state index >= 15 is 0 Å². The third-order valence-corrected chi connectivity index (χ3v) is 4.12. The summed E-state index contributed by atoms with van der Waals surface area (Å²) in [4.78, 5) is 23.3. The molecule has 3 rings (SSSR count). The van der Waals surface area contributed by atoms with E-state index in [1.807, 2.05) is 0 Å². The monoisotopic (exact) mass is 326 g/mol. The van der Waals surface area contributed by atoms with Crippen LogP contribution in [-0.2, 0) is 0 Å². The van der Waals surface area contributed by atoms with Crippen LogP contribution in [0.4, 0.5) is 11.6 Å². The molecule has 1 aromatic carbocycles. The highest BCUT2D eigenvalue weighted by molar-refractivity contribution is 6.04. The van der Waals surface area contributed by atoms with E-state index in [4.69, 9.17) is 4.74 Å². The van der Waals surface area contributed by atoms with E-state index in [1.165, 1.54) is 25.7 Å². The standard InChI is InChI=1S/C18H22N4O2/c1-24-16-8-6-7-14(11-16)17(23)21-15-12-19-18(20-13-15)22-9-4-2-3-5-10-22/h6-8,11-13H,2-5,9-10H2,1H3,(H,21,23). The average molecular weight is 326 g/mol. The van der Waals surface area contributed by atoms with Crippen LogP contribution < -0.4 is 15.0 Å². The molecular weight excluding hydrogens is 304 g/mol. The predicted octanol–water partition coefficient (Wildman–Crippen LogP) is 3.12. The molecule has 1 aliphatic heterocycles. The normalized spacial score (nSPS) is 14.8. The van der Waals surface area contributed by atoms with Crippen molar-refractivity contribution in [2.75, 3.05) is 30.4 Å². The lowest BCUT2D eigenvalue weighted by Gasteiger charge is -2.19. The number of carbonyl (C=O) groups is 1. The lowest BCUT2D eigenvalue weighted by molar-refractivity contribution is 0.102. The van der Waals surface area contributed by atoms with E-state index in [1.54, 1.807) is 43.8 Å². The molecule has 6 nitrogen and oxygen atoms in total. The largest absolute Gasteiger partial charge is 0.497 e. The quantitative estimate of drug-likeness (QED) is 0.935. The fourth-order valence-electron chi connectivity index (χ4n) is 2.79. The van der Waals surface area contributed by atoms with Gasteiger partial charge in [0.15, 0.2) is 0 Å². The Hall–Kier alpha value is -2.63. The molecule has 6 heteroatoms. The first kappa shape index (κ1) is 16.2. The fraction of sp³-hybridized carbons (Fsp3) is 0.389. The second-order valence-corrected chi connectivity index (χ2v) is 5.86. The number of nitrogens with zero attached hydrogens (tertiary/aromatic N) is 3. The zero-order valence-electron chi connectivity index (χ0n) is 13.9. The molecule has 0 saturated carbocycles. The third kappa shape index (κ3) is 4.01. The van der Waals surface area contributed by atoms with Crippen LogP contribution in [0.2, 0.25) is 0 Å². The van der Waals surface area contributed by atoms with Gasteiger partial charge >= 0.3 is 0 Å². The number of ether oxygens (including phenoxy) is 1. The van der Waals surface area contributed by atoms with Crippen molar-refractivity contribution < 1.29 is 9.53 Å². The number of methoxy groups -OCH3 is 1. The fourth-order valence-corrected chi connectivity index (χ4v) is 2.79. The van der Waals surface area contributed by atoms with Crippen LogP contribution in [0.25, 0.3) is 0 Å². The van der Waals surface area contributed by atoms with Gasteiger partial charge in [0.1, 0.15) is 5.75 Å². The number of nitrogens with one attached hydrogen (secondary N) is 1. The number of anilines is 2. The van der Waals surface area contributed by atoms with Gasteiger partial charge in [-0.15, -0.1) is 0 Å². The highest BCUT2D eigenvalue weighted by atomic mass is 16.5. The summed E-state index contributed by atoms with van der Waals surface area (Å²) in [5.41, 5.74) is 1.12. The number of benzene rings is 1. The molecule has 24 heavy (non-hydrogen) atoms. The van der Waals surface area contributed by atoms with Gasteiger partial charge in [0.2, 0.25) is 5.95 Å². The van der Waals surface area contributed by atoms with Crippen molar-refractivity contribution >= 4 is 17.5 Å². The Morgan fingerprint density at radius 3 is 2.50 bits per heavy atom. The molecule has 0 aliphatic carbocycles. The van der Waals surface area contributed by atoms with Gasteiger partial charge in [-0.1, -0.05) is 18.9 Å². The van der Waals surface area contributed by atoms with Crippen molar-refractivity contribution in [1.82, 2.24) is 9.97 Å². The van der Waals surface area contributed by atoms with E-state index in [9.17, 15) is 4.79 Å². The molecule has 1 saturated heterocycles. The number of aromatic nitrogens is 2. The smallest absolute Gasteiger partial charge is 0.255 e. The van der Waals surface area contributed by atoms with Crippen molar-refractivity contribution in [3.63, 3.8) is 0 Å². The van der Waals surface area contributed by atoms with Gasteiger partial charge in [0, 0.05) is 18.7 Å². The Labute approximate surface area is 141 Å². The highest BCUT2D eigenvalue weighted by Gasteiger charge is 2.13. The van der Waals surface area contributed by atoms with Crippen molar-refractivity contribution in [1.29, 1.82) is 0 Å². The molecule has 0 spiro atoms. The Bertz CT molecular complexity index is 680. The van der Waals surface area contributed by atoms with Crippen LogP contribution >= 0.6 is 0 Å². The molecular formula is C18H22N4O2. The van der Waals surface area contributed by atoms with Crippen molar-refractivity contribution in [3.8, 4) is 5.75 Å². The number of hydrogen-bond acceptors (Lipinski definition) is 5. The lowest BCUT2D eigenvalue weighted by atomic mass is 10.2. The maximum atomic E-state index is 12.3. The Kier molecular flexibility index (Phi) is 5.25. The molecule has 2 aromatic rings. The van der Waals surface area contributed by atoms with E-state index in [0.717, 1.165) is 19.0 Å². The summed E-state index contributed by atoms with van der Waals surface area (Å²) >= 11 is 0. The van der Waals surface area contributed by atoms with E-state index < -0.39 is 0 Å². The molecule has 1 fully saturated rings. The molecule has 1 aromatic heterocycles. The molecule has 1 N–H and O–H groups in total. The number of carbonyl (C=O) groups excluding carboxylic acids is 1. The minimum atomic E-state index is -0.208. The molecule has 1 amide bonds. The van der Waals surface area contributed by atoms with Crippen LogP contribution in [0, 0.1) is 0 Å². The van der Waals surface area contributed by atoms with E-state index in [0.29, 0.717) is 17.0 Å². The SMILES string of the molecule is COc1cccc(C(=O)Nc2cnc(N3CCCCCC3)nc2)c1. The first-order valence-corrected chi connectivity index (χ1v) is 8.28. The van der Waals surface area contributed by atoms with Crippen LogP contribution in [0.1, 0.15) is 36.0 Å². The maximum Gasteiger partial charge on any atom is 0.255 e. The topological polar surface area (TPSA) is 67.3 Å². The summed E-state index contributed by atoms with van der Waals surface area (Å²) in [7, 11) is 1.58. The van der Waals surface area contributed by atoms with Gasteiger partial charge in [-0.3, -0.25) is 4.79 Å². The molecule has 1 aliphatic rings. The maximum absolute atomic E-state index is 12.3. The molecule has 0 unspecified atom stereocenters. The van der Waals surface area contributed by atoms with Crippen molar-refractivity contribution in [3.05, 3.63) is 42.2 Å². The average Bonchev–Trinajstić information content (AvgIpc) is 2.92. The summed E-state index contributed by atoms with van der Waals surface area (Å²) in [6.07, 6.45) is 8.21. The summed E-state index contributed by atoms with van der Waals surface area (Å²) < 4.78 is 5.14. The van der Waals surface area contributed by atoms with Gasteiger partial charge < -0.3 is 15.0 Å². The Morgan fingerprint density at radius 2 is 1.83 bits per heavy atom. The van der Waals surface area contributed by atoms with Crippen LogP contribution in [0.3, 0.4) is 0 Å². The second kappa shape index (κ2) is 7.77. The number of rotatable bonds is 4. The number of hydrogen-bond donors (Lipinski definition) is 1. The number of amides is 1. The van der Waals surface area contributed by atoms with Crippen molar-refractivity contribution in [2.24, 2.45) is 0 Å². The second-order valence-electron chi connectivity index (χ2n) is 5.86. The van der Waals surface area contributed by atoms with E-state index in [-0.39, 0.29) is 5.91 Å². The zero-order valence-corrected chi connectivity index (χ0v) is 13.9. The van der Waals surface area contributed by atoms with Gasteiger partial charge in [-0.2, -0.15) is 0 Å². The first-order valence-electron chi connectivity index (χ1n) is 8.28. The van der Waals surface area contributed by atoms with Crippen LogP contribution in [-0.4, -0.2) is 36.1 Å². The van der Waals surface area contributed by atoms with Crippen LogP contribution in [0.5, 0.6) is 5.75 Å².